The van der Waals surface area contributed by atoms with Crippen LogP contribution < -0.4 is 0 Å². The number of nitrogens with zero attached hydrogens (tertiary/aromatic N) is 2. The molecule has 1 aromatic carbocycles. The summed E-state index contributed by atoms with van der Waals surface area (Å²) in [6.07, 6.45) is 7.12. The number of benzene rings is 1. The van der Waals surface area contributed by atoms with Crippen molar-refractivity contribution in [3.05, 3.63) is 59.4 Å². The summed E-state index contributed by atoms with van der Waals surface area (Å²) >= 11 is 0. The molecule has 3 heteroatoms. The highest BCUT2D eigenvalue weighted by atomic mass is 16.2. The van der Waals surface area contributed by atoms with Gasteiger partial charge in [-0.3, -0.25) is 4.79 Å². The first-order valence-corrected chi connectivity index (χ1v) is 9.62. The summed E-state index contributed by atoms with van der Waals surface area (Å²) < 4.78 is 2.27. The third-order valence-electron chi connectivity index (χ3n) is 4.73. The molecule has 3 nitrogen and oxygen atoms in total. The fourth-order valence-corrected chi connectivity index (χ4v) is 3.13. The van der Waals surface area contributed by atoms with E-state index in [4.69, 9.17) is 0 Å². The summed E-state index contributed by atoms with van der Waals surface area (Å²) in [5.41, 5.74) is 3.85. The Hall–Kier alpha value is -2.03. The number of aryl methyl sites for hydroxylation is 1. The SMILES string of the molecule is CCCCCN(Cc1cccn1Cc1ccccc1C)C(=O)CCC. The van der Waals surface area contributed by atoms with Crippen LogP contribution in [-0.2, 0) is 17.9 Å². The quantitative estimate of drug-likeness (QED) is 0.548. The minimum atomic E-state index is 0.280. The van der Waals surface area contributed by atoms with Gasteiger partial charge in [-0.25, -0.2) is 0 Å². The Labute approximate surface area is 152 Å². The highest BCUT2D eigenvalue weighted by Gasteiger charge is 2.15. The zero-order valence-electron chi connectivity index (χ0n) is 16.0. The van der Waals surface area contributed by atoms with Crippen LogP contribution in [0.1, 0.15) is 62.8 Å². The van der Waals surface area contributed by atoms with Gasteiger partial charge in [0.2, 0.25) is 5.91 Å². The molecule has 0 saturated carbocycles. The second-order valence-corrected chi connectivity index (χ2v) is 6.83. The van der Waals surface area contributed by atoms with Crippen LogP contribution in [0.3, 0.4) is 0 Å². The summed E-state index contributed by atoms with van der Waals surface area (Å²) in [5, 5.41) is 0. The Bertz CT molecular complexity index is 660. The molecule has 0 aliphatic rings. The molecule has 1 amide bonds. The zero-order valence-corrected chi connectivity index (χ0v) is 16.0. The molecule has 0 bridgehead atoms. The van der Waals surface area contributed by atoms with Crippen LogP contribution in [0.15, 0.2) is 42.6 Å². The van der Waals surface area contributed by atoms with E-state index in [-0.39, 0.29) is 5.91 Å². The summed E-state index contributed by atoms with van der Waals surface area (Å²) in [5.74, 6) is 0.280. The van der Waals surface area contributed by atoms with Crippen molar-refractivity contribution in [1.82, 2.24) is 9.47 Å². The molecular formula is C22H32N2O. The molecule has 0 fully saturated rings. The van der Waals surface area contributed by atoms with E-state index >= 15 is 0 Å². The molecular weight excluding hydrogens is 308 g/mol. The topological polar surface area (TPSA) is 25.2 Å². The third-order valence-corrected chi connectivity index (χ3v) is 4.73. The van der Waals surface area contributed by atoms with Gasteiger partial charge in [0.05, 0.1) is 6.54 Å². The van der Waals surface area contributed by atoms with E-state index in [1.54, 1.807) is 0 Å². The van der Waals surface area contributed by atoms with E-state index in [1.165, 1.54) is 29.7 Å². The predicted molar refractivity (Wildman–Crippen MR) is 105 cm³/mol. The second-order valence-electron chi connectivity index (χ2n) is 6.83. The Kier molecular flexibility index (Phi) is 7.77. The van der Waals surface area contributed by atoms with E-state index in [2.05, 4.69) is 67.9 Å². The Morgan fingerprint density at radius 3 is 2.56 bits per heavy atom. The highest BCUT2D eigenvalue weighted by molar-refractivity contribution is 5.76. The monoisotopic (exact) mass is 340 g/mol. The molecule has 0 N–H and O–H groups in total. The molecule has 0 aliphatic heterocycles. The average molecular weight is 341 g/mol. The van der Waals surface area contributed by atoms with Gasteiger partial charge in [0, 0.05) is 31.4 Å². The third kappa shape index (κ3) is 5.77. The number of amides is 1. The highest BCUT2D eigenvalue weighted by Crippen LogP contribution is 2.15. The predicted octanol–water partition coefficient (Wildman–Crippen LogP) is 5.16. The molecule has 2 rings (SSSR count). The molecule has 25 heavy (non-hydrogen) atoms. The number of hydrogen-bond donors (Lipinski definition) is 0. The van der Waals surface area contributed by atoms with Crippen molar-refractivity contribution in [3.63, 3.8) is 0 Å². The molecule has 0 atom stereocenters. The van der Waals surface area contributed by atoms with Gasteiger partial charge in [0.1, 0.15) is 0 Å². The van der Waals surface area contributed by atoms with Crippen LogP contribution >= 0.6 is 0 Å². The molecule has 0 spiro atoms. The van der Waals surface area contributed by atoms with Crippen molar-refractivity contribution in [3.8, 4) is 0 Å². The van der Waals surface area contributed by atoms with Gasteiger partial charge < -0.3 is 9.47 Å². The van der Waals surface area contributed by atoms with Crippen LogP contribution in [0.2, 0.25) is 0 Å². The van der Waals surface area contributed by atoms with Gasteiger partial charge in [-0.15, -0.1) is 0 Å². The van der Waals surface area contributed by atoms with Gasteiger partial charge >= 0.3 is 0 Å². The summed E-state index contributed by atoms with van der Waals surface area (Å²) in [7, 11) is 0. The fraction of sp³-hybridized carbons (Fsp3) is 0.500. The standard InChI is InChI=1S/C22H32N2O/c1-4-6-9-15-24(22(25)11-5-2)18-21-14-10-16-23(21)17-20-13-8-7-12-19(20)3/h7-8,10,12-14,16H,4-6,9,11,15,17-18H2,1-3H3. The van der Waals surface area contributed by atoms with E-state index < -0.39 is 0 Å². The lowest BCUT2D eigenvalue weighted by atomic mass is 10.1. The summed E-state index contributed by atoms with van der Waals surface area (Å²) in [6.45, 7) is 8.86. The molecule has 0 unspecified atom stereocenters. The van der Waals surface area contributed by atoms with Crippen molar-refractivity contribution < 1.29 is 4.79 Å². The van der Waals surface area contributed by atoms with Crippen molar-refractivity contribution in [2.75, 3.05) is 6.54 Å². The van der Waals surface area contributed by atoms with Crippen LogP contribution in [0.25, 0.3) is 0 Å². The molecule has 0 aliphatic carbocycles. The number of hydrogen-bond acceptors (Lipinski definition) is 1. The fourth-order valence-electron chi connectivity index (χ4n) is 3.13. The minimum absolute atomic E-state index is 0.280. The zero-order chi connectivity index (χ0) is 18.1. The first kappa shape index (κ1) is 19.3. The molecule has 1 aromatic heterocycles. The lowest BCUT2D eigenvalue weighted by molar-refractivity contribution is -0.132. The first-order chi connectivity index (χ1) is 12.2. The molecule has 1 heterocycles. The maximum absolute atomic E-state index is 12.5. The lowest BCUT2D eigenvalue weighted by Crippen LogP contribution is -2.32. The van der Waals surface area contributed by atoms with Gasteiger partial charge in [-0.05, 0) is 43.0 Å². The van der Waals surface area contributed by atoms with E-state index in [9.17, 15) is 4.79 Å². The second kappa shape index (κ2) is 10.1. The molecule has 0 saturated heterocycles. The Balaban J connectivity index is 2.09. The van der Waals surface area contributed by atoms with E-state index in [0.717, 1.165) is 25.9 Å². The number of carbonyl (C=O) groups excluding carboxylic acids is 1. The minimum Gasteiger partial charge on any atom is -0.345 e. The van der Waals surface area contributed by atoms with Crippen LogP contribution in [0.4, 0.5) is 0 Å². The largest absolute Gasteiger partial charge is 0.345 e. The number of aromatic nitrogens is 1. The maximum Gasteiger partial charge on any atom is 0.222 e. The van der Waals surface area contributed by atoms with Gasteiger partial charge in [-0.2, -0.15) is 0 Å². The smallest absolute Gasteiger partial charge is 0.222 e. The van der Waals surface area contributed by atoms with Crippen molar-refractivity contribution in [2.24, 2.45) is 0 Å². The van der Waals surface area contributed by atoms with Gasteiger partial charge in [-0.1, -0.05) is 51.0 Å². The first-order valence-electron chi connectivity index (χ1n) is 9.62. The molecule has 0 radical (unpaired) electrons. The number of carbonyl (C=O) groups is 1. The average Bonchev–Trinajstić information content (AvgIpc) is 3.03. The number of unbranched alkanes of at least 4 members (excludes halogenated alkanes) is 2. The van der Waals surface area contributed by atoms with Gasteiger partial charge in [0.15, 0.2) is 0 Å². The normalized spacial score (nSPS) is 10.8. The molecule has 136 valence electrons. The summed E-state index contributed by atoms with van der Waals surface area (Å²) in [6, 6.07) is 12.7. The van der Waals surface area contributed by atoms with Crippen molar-refractivity contribution in [1.29, 1.82) is 0 Å². The van der Waals surface area contributed by atoms with Crippen LogP contribution in [-0.4, -0.2) is 21.9 Å². The Morgan fingerprint density at radius 2 is 1.84 bits per heavy atom. The van der Waals surface area contributed by atoms with Crippen molar-refractivity contribution >= 4 is 5.91 Å². The van der Waals surface area contributed by atoms with E-state index in [1.807, 2.05) is 4.90 Å². The number of rotatable bonds is 10. The van der Waals surface area contributed by atoms with E-state index in [0.29, 0.717) is 13.0 Å². The van der Waals surface area contributed by atoms with Crippen LogP contribution in [0, 0.1) is 6.92 Å². The molecule has 2 aromatic rings. The summed E-state index contributed by atoms with van der Waals surface area (Å²) in [4.78, 5) is 14.5. The van der Waals surface area contributed by atoms with Gasteiger partial charge in [0.25, 0.3) is 0 Å². The van der Waals surface area contributed by atoms with Crippen LogP contribution in [0.5, 0.6) is 0 Å². The Morgan fingerprint density at radius 1 is 1.04 bits per heavy atom. The lowest BCUT2D eigenvalue weighted by Gasteiger charge is -2.24. The maximum atomic E-state index is 12.5. The van der Waals surface area contributed by atoms with Crippen molar-refractivity contribution in [2.45, 2.75) is 66.0 Å².